The summed E-state index contributed by atoms with van der Waals surface area (Å²) in [5.41, 5.74) is 1.84. The summed E-state index contributed by atoms with van der Waals surface area (Å²) in [5.74, 6) is -1.61. The summed E-state index contributed by atoms with van der Waals surface area (Å²) in [5, 5.41) is 6.31. The number of fused-ring (bicyclic) bond motifs is 2. The minimum absolute atomic E-state index is 0.0243. The Kier molecular flexibility index (Phi) is 4.47. The Morgan fingerprint density at radius 2 is 1.80 bits per heavy atom. The van der Waals surface area contributed by atoms with Crippen molar-refractivity contribution in [2.75, 3.05) is 36.4 Å². The molecule has 154 valence electrons. The molecule has 0 saturated carbocycles. The second-order valence-corrected chi connectivity index (χ2v) is 7.36. The maximum absolute atomic E-state index is 15.1. The first-order valence-corrected chi connectivity index (χ1v) is 9.65. The fourth-order valence-electron chi connectivity index (χ4n) is 3.86. The monoisotopic (exact) mass is 412 g/mol. The third kappa shape index (κ3) is 3.21. The second-order valence-electron chi connectivity index (χ2n) is 7.36. The van der Waals surface area contributed by atoms with Crippen LogP contribution in [-0.2, 0) is 0 Å². The van der Waals surface area contributed by atoms with Crippen LogP contribution in [-0.4, -0.2) is 40.5 Å². The summed E-state index contributed by atoms with van der Waals surface area (Å²) in [4.78, 5) is 10.1. The first-order chi connectivity index (χ1) is 14.5. The van der Waals surface area contributed by atoms with Crippen molar-refractivity contribution in [2.24, 2.45) is 0 Å². The number of aryl methyl sites for hydroxylation is 1. The van der Waals surface area contributed by atoms with Crippen molar-refractivity contribution >= 4 is 33.6 Å². The van der Waals surface area contributed by atoms with Crippen LogP contribution in [0.2, 0.25) is 0 Å². The van der Waals surface area contributed by atoms with Crippen molar-refractivity contribution in [3.05, 3.63) is 59.9 Å². The zero-order valence-corrected chi connectivity index (χ0v) is 16.2. The van der Waals surface area contributed by atoms with Gasteiger partial charge in [-0.25, -0.2) is 23.1 Å². The number of rotatable bonds is 3. The Balaban J connectivity index is 1.58. The number of aromatic nitrogens is 3. The van der Waals surface area contributed by atoms with E-state index in [2.05, 4.69) is 20.6 Å². The molecule has 4 heterocycles. The van der Waals surface area contributed by atoms with Crippen molar-refractivity contribution in [1.29, 1.82) is 0 Å². The molecule has 6 nitrogen and oxygen atoms in total. The molecule has 0 aliphatic carbocycles. The van der Waals surface area contributed by atoms with Crippen molar-refractivity contribution in [2.45, 2.75) is 6.92 Å². The van der Waals surface area contributed by atoms with Crippen molar-refractivity contribution < 1.29 is 13.2 Å². The summed E-state index contributed by atoms with van der Waals surface area (Å²) in [6, 6.07) is 4.28. The Morgan fingerprint density at radius 3 is 2.60 bits per heavy atom. The zero-order valence-electron chi connectivity index (χ0n) is 16.2. The minimum atomic E-state index is -0.613. The molecule has 1 aromatic carbocycles. The maximum Gasteiger partial charge on any atom is 0.173 e. The van der Waals surface area contributed by atoms with Gasteiger partial charge in [-0.3, -0.25) is 0 Å². The summed E-state index contributed by atoms with van der Waals surface area (Å²) < 4.78 is 45.6. The number of nitrogens with one attached hydrogen (secondary N) is 2. The van der Waals surface area contributed by atoms with Crippen LogP contribution in [0.15, 0.2) is 36.8 Å². The van der Waals surface area contributed by atoms with Gasteiger partial charge in [0.25, 0.3) is 0 Å². The first kappa shape index (κ1) is 18.7. The van der Waals surface area contributed by atoms with Gasteiger partial charge in [0.2, 0.25) is 0 Å². The molecule has 1 aliphatic rings. The normalized spacial score (nSPS) is 14.6. The van der Waals surface area contributed by atoms with E-state index < -0.39 is 17.5 Å². The quantitative estimate of drug-likeness (QED) is 0.537. The third-order valence-electron chi connectivity index (χ3n) is 5.25. The van der Waals surface area contributed by atoms with Crippen LogP contribution in [0, 0.1) is 24.4 Å². The van der Waals surface area contributed by atoms with Gasteiger partial charge >= 0.3 is 0 Å². The zero-order chi connectivity index (χ0) is 20.8. The van der Waals surface area contributed by atoms with E-state index in [1.807, 2.05) is 4.90 Å². The highest BCUT2D eigenvalue weighted by Gasteiger charge is 2.18. The highest BCUT2D eigenvalue weighted by atomic mass is 19.1. The number of pyridine rings is 2. The lowest BCUT2D eigenvalue weighted by atomic mass is 10.1. The van der Waals surface area contributed by atoms with E-state index in [9.17, 15) is 8.78 Å². The van der Waals surface area contributed by atoms with Crippen LogP contribution in [0.3, 0.4) is 0 Å². The Bertz CT molecular complexity index is 1260. The topological polar surface area (TPSA) is 57.5 Å². The van der Waals surface area contributed by atoms with Gasteiger partial charge in [-0.15, -0.1) is 0 Å². The molecule has 0 radical (unpaired) electrons. The van der Waals surface area contributed by atoms with Crippen LogP contribution >= 0.6 is 0 Å². The fourth-order valence-corrected chi connectivity index (χ4v) is 3.86. The number of imidazole rings is 1. The average Bonchev–Trinajstić information content (AvgIpc) is 3.11. The average molecular weight is 412 g/mol. The molecule has 5 rings (SSSR count). The highest BCUT2D eigenvalue weighted by Crippen LogP contribution is 2.33. The Morgan fingerprint density at radius 1 is 1.00 bits per heavy atom. The number of piperazine rings is 1. The predicted octanol–water partition coefficient (Wildman–Crippen LogP) is 3.76. The SMILES string of the molecule is Cc1cn2cc(Nc3ncc(F)c4cc(N5CCNCC5)cc(F)c34)cc(F)c2n1. The molecule has 4 aromatic rings. The molecule has 3 aromatic heterocycles. The lowest BCUT2D eigenvalue weighted by Crippen LogP contribution is -2.43. The van der Waals surface area contributed by atoms with Gasteiger partial charge in [-0.2, -0.15) is 0 Å². The van der Waals surface area contributed by atoms with Crippen LogP contribution in [0.1, 0.15) is 5.69 Å². The molecule has 0 unspecified atom stereocenters. The Hall–Kier alpha value is -3.33. The van der Waals surface area contributed by atoms with Crippen LogP contribution in [0.5, 0.6) is 0 Å². The van der Waals surface area contributed by atoms with Crippen molar-refractivity contribution in [3.63, 3.8) is 0 Å². The number of hydrogen-bond acceptors (Lipinski definition) is 5. The summed E-state index contributed by atoms with van der Waals surface area (Å²) in [6.07, 6.45) is 4.35. The molecular weight excluding hydrogens is 393 g/mol. The van der Waals surface area contributed by atoms with Gasteiger partial charge in [0.05, 0.1) is 23.0 Å². The predicted molar refractivity (Wildman–Crippen MR) is 110 cm³/mol. The minimum Gasteiger partial charge on any atom is -0.369 e. The molecule has 1 fully saturated rings. The number of halogens is 3. The van der Waals surface area contributed by atoms with Gasteiger partial charge in [0.15, 0.2) is 11.5 Å². The fraction of sp³-hybridized carbons (Fsp3) is 0.238. The summed E-state index contributed by atoms with van der Waals surface area (Å²) in [7, 11) is 0. The molecule has 0 spiro atoms. The van der Waals surface area contributed by atoms with E-state index in [1.165, 1.54) is 16.5 Å². The summed E-state index contributed by atoms with van der Waals surface area (Å²) >= 11 is 0. The van der Waals surface area contributed by atoms with Gasteiger partial charge in [-0.05, 0) is 19.1 Å². The molecule has 9 heteroatoms. The standard InChI is InChI=1S/C21H19F3N6/c1-12-10-30-11-13(6-17(23)21(30)27-12)28-20-19-15(18(24)9-26-20)7-14(8-16(19)22)29-4-2-25-3-5-29/h6-11,25H,2-5H2,1H3,(H,26,28). The van der Waals surface area contributed by atoms with E-state index >= 15 is 4.39 Å². The second kappa shape index (κ2) is 7.17. The Labute approximate surface area is 170 Å². The van der Waals surface area contributed by atoms with Gasteiger partial charge < -0.3 is 19.9 Å². The third-order valence-corrected chi connectivity index (χ3v) is 5.25. The molecule has 1 saturated heterocycles. The number of anilines is 3. The van der Waals surface area contributed by atoms with E-state index in [4.69, 9.17) is 0 Å². The van der Waals surface area contributed by atoms with Gasteiger partial charge in [0.1, 0.15) is 17.5 Å². The molecule has 0 bridgehead atoms. The van der Waals surface area contributed by atoms with E-state index in [1.54, 1.807) is 25.4 Å². The maximum atomic E-state index is 15.1. The van der Waals surface area contributed by atoms with Gasteiger partial charge in [-0.1, -0.05) is 0 Å². The molecular formula is C21H19F3N6. The van der Waals surface area contributed by atoms with Crippen LogP contribution in [0.25, 0.3) is 16.4 Å². The smallest absolute Gasteiger partial charge is 0.173 e. The van der Waals surface area contributed by atoms with E-state index in [0.29, 0.717) is 30.2 Å². The molecule has 1 aliphatic heterocycles. The number of benzene rings is 1. The lowest BCUT2D eigenvalue weighted by Gasteiger charge is -2.29. The van der Waals surface area contributed by atoms with Crippen LogP contribution in [0.4, 0.5) is 30.4 Å². The highest BCUT2D eigenvalue weighted by molar-refractivity contribution is 5.96. The molecule has 30 heavy (non-hydrogen) atoms. The van der Waals surface area contributed by atoms with E-state index in [-0.39, 0.29) is 22.2 Å². The molecule has 2 N–H and O–H groups in total. The number of nitrogens with zero attached hydrogens (tertiary/aromatic N) is 4. The first-order valence-electron chi connectivity index (χ1n) is 9.65. The molecule has 0 atom stereocenters. The van der Waals surface area contributed by atoms with Crippen molar-refractivity contribution in [1.82, 2.24) is 19.7 Å². The van der Waals surface area contributed by atoms with E-state index in [0.717, 1.165) is 19.3 Å². The largest absolute Gasteiger partial charge is 0.369 e. The summed E-state index contributed by atoms with van der Waals surface area (Å²) in [6.45, 7) is 4.76. The molecule has 0 amide bonds. The lowest BCUT2D eigenvalue weighted by molar-refractivity contribution is 0.585. The van der Waals surface area contributed by atoms with Gasteiger partial charge in [0, 0.05) is 55.7 Å². The van der Waals surface area contributed by atoms with Crippen molar-refractivity contribution in [3.8, 4) is 0 Å². The number of hydrogen-bond donors (Lipinski definition) is 2. The van der Waals surface area contributed by atoms with Crippen LogP contribution < -0.4 is 15.5 Å².